The molecule has 5 heteroatoms. The number of anilines is 1. The Morgan fingerprint density at radius 1 is 1.26 bits per heavy atom. The summed E-state index contributed by atoms with van der Waals surface area (Å²) in [6.45, 7) is 0.937. The summed E-state index contributed by atoms with van der Waals surface area (Å²) in [6.07, 6.45) is 3.45. The smallest absolute Gasteiger partial charge is 0.188 e. The number of rotatable bonds is 2. The van der Waals surface area contributed by atoms with Crippen molar-refractivity contribution in [3.63, 3.8) is 0 Å². The summed E-state index contributed by atoms with van der Waals surface area (Å²) in [4.78, 5) is 9.11. The van der Waals surface area contributed by atoms with Crippen LogP contribution in [0.2, 0.25) is 0 Å². The first-order valence-corrected chi connectivity index (χ1v) is 8.00. The molecule has 0 spiro atoms. The standard InChI is InChI=1S/C14H14BrN3S/c15-11-5-3-4-10(8-11)12-9-19-14(17-12)18-13-6-1-2-7-16-13/h3-5,8-9H,1-2,6-7H2,(H,16,17,18). The molecule has 2 aromatic rings. The van der Waals surface area contributed by atoms with Crippen molar-refractivity contribution in [3.8, 4) is 11.3 Å². The minimum absolute atomic E-state index is 0.927. The van der Waals surface area contributed by atoms with Crippen molar-refractivity contribution in [1.29, 1.82) is 0 Å². The maximum atomic E-state index is 4.62. The van der Waals surface area contributed by atoms with Gasteiger partial charge in [-0.05, 0) is 25.0 Å². The van der Waals surface area contributed by atoms with Crippen LogP contribution in [0.4, 0.5) is 5.13 Å². The van der Waals surface area contributed by atoms with Gasteiger partial charge in [0.1, 0.15) is 5.84 Å². The van der Waals surface area contributed by atoms with Crippen molar-refractivity contribution < 1.29 is 0 Å². The van der Waals surface area contributed by atoms with Gasteiger partial charge in [-0.25, -0.2) is 4.98 Å². The van der Waals surface area contributed by atoms with Crippen LogP contribution in [0.1, 0.15) is 19.3 Å². The monoisotopic (exact) mass is 335 g/mol. The zero-order valence-electron chi connectivity index (χ0n) is 10.4. The van der Waals surface area contributed by atoms with E-state index in [1.54, 1.807) is 11.3 Å². The molecule has 0 fully saturated rings. The zero-order valence-corrected chi connectivity index (χ0v) is 12.8. The Kier molecular flexibility index (Phi) is 3.94. The number of nitrogens with one attached hydrogen (secondary N) is 1. The van der Waals surface area contributed by atoms with Crippen LogP contribution in [0.5, 0.6) is 0 Å². The lowest BCUT2D eigenvalue weighted by Crippen LogP contribution is -2.15. The first-order chi connectivity index (χ1) is 9.31. The summed E-state index contributed by atoms with van der Waals surface area (Å²) >= 11 is 5.11. The number of hydrogen-bond acceptors (Lipinski definition) is 4. The van der Waals surface area contributed by atoms with Gasteiger partial charge in [0.25, 0.3) is 0 Å². The van der Waals surface area contributed by atoms with E-state index in [2.05, 4.69) is 48.7 Å². The Hall–Kier alpha value is -1.20. The molecule has 0 saturated heterocycles. The molecule has 0 saturated carbocycles. The molecule has 2 heterocycles. The topological polar surface area (TPSA) is 37.3 Å². The third kappa shape index (κ3) is 3.22. The molecule has 0 aliphatic carbocycles. The second-order valence-corrected chi connectivity index (χ2v) is 6.23. The minimum atomic E-state index is 0.927. The first-order valence-electron chi connectivity index (χ1n) is 6.33. The van der Waals surface area contributed by atoms with Gasteiger partial charge >= 0.3 is 0 Å². The highest BCUT2D eigenvalue weighted by Crippen LogP contribution is 2.27. The molecule has 3 rings (SSSR count). The second-order valence-electron chi connectivity index (χ2n) is 4.46. The highest BCUT2D eigenvalue weighted by atomic mass is 79.9. The van der Waals surface area contributed by atoms with Crippen LogP contribution >= 0.6 is 27.3 Å². The Labute approximate surface area is 124 Å². The maximum absolute atomic E-state index is 4.62. The highest BCUT2D eigenvalue weighted by molar-refractivity contribution is 9.10. The number of aromatic nitrogens is 1. The van der Waals surface area contributed by atoms with E-state index in [4.69, 9.17) is 0 Å². The lowest BCUT2D eigenvalue weighted by Gasteiger charge is -2.11. The quantitative estimate of drug-likeness (QED) is 0.872. The molecule has 1 aromatic carbocycles. The molecule has 98 valence electrons. The van der Waals surface area contributed by atoms with Crippen molar-refractivity contribution in [3.05, 3.63) is 34.1 Å². The number of benzene rings is 1. The molecule has 1 aliphatic heterocycles. The molecule has 1 N–H and O–H groups in total. The largest absolute Gasteiger partial charge is 0.320 e. The molecule has 1 aromatic heterocycles. The zero-order chi connectivity index (χ0) is 13.1. The van der Waals surface area contributed by atoms with E-state index < -0.39 is 0 Å². The molecule has 0 bridgehead atoms. The van der Waals surface area contributed by atoms with Crippen LogP contribution in [0.25, 0.3) is 11.3 Å². The summed E-state index contributed by atoms with van der Waals surface area (Å²) in [5.41, 5.74) is 2.13. The SMILES string of the molecule is Brc1cccc(-c2csc(NC3=NCCCC3)n2)c1. The number of hydrogen-bond donors (Lipinski definition) is 1. The summed E-state index contributed by atoms with van der Waals surface area (Å²) < 4.78 is 1.07. The van der Waals surface area contributed by atoms with Crippen LogP contribution in [0.3, 0.4) is 0 Å². The van der Waals surface area contributed by atoms with Crippen molar-refractivity contribution in [2.45, 2.75) is 19.3 Å². The molecule has 0 unspecified atom stereocenters. The van der Waals surface area contributed by atoms with E-state index in [1.807, 2.05) is 12.1 Å². The molecule has 1 aliphatic rings. The predicted molar refractivity (Wildman–Crippen MR) is 85.0 cm³/mol. The van der Waals surface area contributed by atoms with E-state index in [1.165, 1.54) is 12.8 Å². The molecule has 3 nitrogen and oxygen atoms in total. The van der Waals surface area contributed by atoms with E-state index in [0.29, 0.717) is 0 Å². The van der Waals surface area contributed by atoms with Crippen molar-refractivity contribution in [2.24, 2.45) is 4.99 Å². The Bertz CT molecular complexity index is 606. The van der Waals surface area contributed by atoms with Crippen LogP contribution < -0.4 is 5.32 Å². The lowest BCUT2D eigenvalue weighted by molar-refractivity contribution is 0.737. The molecule has 19 heavy (non-hydrogen) atoms. The van der Waals surface area contributed by atoms with Crippen LogP contribution in [0.15, 0.2) is 39.1 Å². The van der Waals surface area contributed by atoms with Gasteiger partial charge in [0.05, 0.1) is 5.69 Å². The van der Waals surface area contributed by atoms with Gasteiger partial charge in [0, 0.05) is 28.4 Å². The summed E-state index contributed by atoms with van der Waals surface area (Å²) in [7, 11) is 0. The van der Waals surface area contributed by atoms with Crippen LogP contribution in [-0.2, 0) is 0 Å². The van der Waals surface area contributed by atoms with Gasteiger partial charge in [0.2, 0.25) is 0 Å². The maximum Gasteiger partial charge on any atom is 0.188 e. The fraction of sp³-hybridized carbons (Fsp3) is 0.286. The van der Waals surface area contributed by atoms with Crippen molar-refractivity contribution in [1.82, 2.24) is 4.98 Å². The highest BCUT2D eigenvalue weighted by Gasteiger charge is 2.09. The predicted octanol–water partition coefficient (Wildman–Crippen LogP) is 4.57. The molecular formula is C14H14BrN3S. The molecule has 0 atom stereocenters. The molecule has 0 radical (unpaired) electrons. The molecule has 0 amide bonds. The third-order valence-corrected chi connectivity index (χ3v) is 4.25. The number of thiazole rings is 1. The van der Waals surface area contributed by atoms with Gasteiger partial charge in [-0.1, -0.05) is 28.1 Å². The number of amidine groups is 1. The third-order valence-electron chi connectivity index (χ3n) is 3.00. The van der Waals surface area contributed by atoms with Crippen LogP contribution in [0, 0.1) is 0 Å². The average Bonchev–Trinajstić information content (AvgIpc) is 2.88. The fourth-order valence-corrected chi connectivity index (χ4v) is 3.17. The van der Waals surface area contributed by atoms with E-state index in [9.17, 15) is 0 Å². The van der Waals surface area contributed by atoms with Gasteiger partial charge < -0.3 is 5.32 Å². The second kappa shape index (κ2) is 5.84. The van der Waals surface area contributed by atoms with Crippen LogP contribution in [-0.4, -0.2) is 17.4 Å². The van der Waals surface area contributed by atoms with Gasteiger partial charge in [0.15, 0.2) is 5.13 Å². The lowest BCUT2D eigenvalue weighted by atomic mass is 10.2. The average molecular weight is 336 g/mol. The fourth-order valence-electron chi connectivity index (χ4n) is 2.03. The number of nitrogens with zero attached hydrogens (tertiary/aromatic N) is 2. The van der Waals surface area contributed by atoms with Crippen molar-refractivity contribution >= 4 is 38.2 Å². The van der Waals surface area contributed by atoms with E-state index >= 15 is 0 Å². The number of aliphatic imine (C=N–C) groups is 1. The Balaban J connectivity index is 1.77. The Morgan fingerprint density at radius 3 is 3.00 bits per heavy atom. The van der Waals surface area contributed by atoms with Gasteiger partial charge in [-0.2, -0.15) is 0 Å². The van der Waals surface area contributed by atoms with Gasteiger partial charge in [-0.15, -0.1) is 11.3 Å². The van der Waals surface area contributed by atoms with Gasteiger partial charge in [-0.3, -0.25) is 4.99 Å². The number of halogens is 1. The van der Waals surface area contributed by atoms with E-state index in [0.717, 1.165) is 39.7 Å². The molecular weight excluding hydrogens is 322 g/mol. The summed E-state index contributed by atoms with van der Waals surface area (Å²) in [5, 5.41) is 6.33. The summed E-state index contributed by atoms with van der Waals surface area (Å²) in [5.74, 6) is 1.07. The summed E-state index contributed by atoms with van der Waals surface area (Å²) in [6, 6.07) is 8.20. The Morgan fingerprint density at radius 2 is 2.21 bits per heavy atom. The minimum Gasteiger partial charge on any atom is -0.320 e. The normalized spacial score (nSPS) is 15.1. The first kappa shape index (κ1) is 12.8. The van der Waals surface area contributed by atoms with E-state index in [-0.39, 0.29) is 0 Å². The van der Waals surface area contributed by atoms with Crippen molar-refractivity contribution in [2.75, 3.05) is 11.9 Å².